The fourth-order valence-electron chi connectivity index (χ4n) is 3.94. The lowest BCUT2D eigenvalue weighted by molar-refractivity contribution is 0.0670. The Morgan fingerprint density at radius 3 is 2.38 bits per heavy atom. The van der Waals surface area contributed by atoms with Gasteiger partial charge in [0.05, 0.1) is 30.6 Å². The number of hydrogen-bond acceptors (Lipinski definition) is 4. The Bertz CT molecular complexity index is 1370. The number of methoxy groups -OCH3 is 1. The number of hydrogen-bond donors (Lipinski definition) is 0. The fraction of sp³-hybridized carbons (Fsp3) is 0.241. The molecular formula is C29H29ClFN3O3. The summed E-state index contributed by atoms with van der Waals surface area (Å²) in [5, 5.41) is 5.32. The molecule has 3 aromatic carbocycles. The third-order valence-corrected chi connectivity index (χ3v) is 6.50. The predicted molar refractivity (Wildman–Crippen MR) is 142 cm³/mol. The van der Waals surface area contributed by atoms with Crippen LogP contribution in [0.2, 0.25) is 5.02 Å². The van der Waals surface area contributed by atoms with Gasteiger partial charge in [0, 0.05) is 16.6 Å². The van der Waals surface area contributed by atoms with Gasteiger partial charge >= 0.3 is 0 Å². The Labute approximate surface area is 221 Å². The minimum absolute atomic E-state index is 0.0830. The van der Waals surface area contributed by atoms with E-state index >= 15 is 0 Å². The number of carbonyl (C=O) groups excluding carboxylic acids is 1. The number of nitrogens with zero attached hydrogens (tertiary/aromatic N) is 3. The molecule has 0 fully saturated rings. The molecular weight excluding hydrogens is 493 g/mol. The molecule has 1 amide bonds. The van der Waals surface area contributed by atoms with Crippen LogP contribution in [-0.4, -0.2) is 33.7 Å². The molecule has 192 valence electrons. The average molecular weight is 522 g/mol. The maximum atomic E-state index is 13.5. The average Bonchev–Trinajstić information content (AvgIpc) is 3.21. The number of aryl methyl sites for hydroxylation is 1. The van der Waals surface area contributed by atoms with Gasteiger partial charge in [-0.15, -0.1) is 0 Å². The highest BCUT2D eigenvalue weighted by Gasteiger charge is 2.27. The van der Waals surface area contributed by atoms with Gasteiger partial charge in [0.25, 0.3) is 5.91 Å². The van der Waals surface area contributed by atoms with Gasteiger partial charge in [0.2, 0.25) is 5.88 Å². The summed E-state index contributed by atoms with van der Waals surface area (Å²) in [6.07, 6.45) is 0.739. The Kier molecular flexibility index (Phi) is 8.14. The molecule has 0 aliphatic heterocycles. The van der Waals surface area contributed by atoms with Crippen LogP contribution in [0.3, 0.4) is 0 Å². The Morgan fingerprint density at radius 1 is 1.08 bits per heavy atom. The van der Waals surface area contributed by atoms with Crippen LogP contribution in [-0.2, 0) is 6.54 Å². The topological polar surface area (TPSA) is 56.6 Å². The Morgan fingerprint density at radius 2 is 1.76 bits per heavy atom. The molecule has 0 bridgehead atoms. The van der Waals surface area contributed by atoms with Gasteiger partial charge in [-0.25, -0.2) is 9.07 Å². The molecule has 4 aromatic rings. The highest BCUT2D eigenvalue weighted by atomic mass is 35.5. The molecule has 0 unspecified atom stereocenters. The molecule has 4 rings (SSSR count). The fourth-order valence-corrected chi connectivity index (χ4v) is 4.12. The van der Waals surface area contributed by atoms with Gasteiger partial charge in [-0.05, 0) is 87.0 Å². The van der Waals surface area contributed by atoms with Gasteiger partial charge in [-0.2, -0.15) is 5.10 Å². The molecule has 0 radical (unpaired) electrons. The van der Waals surface area contributed by atoms with Gasteiger partial charge in [-0.1, -0.05) is 24.6 Å². The van der Waals surface area contributed by atoms with Crippen molar-refractivity contribution in [2.75, 3.05) is 7.11 Å². The number of rotatable bonds is 9. The van der Waals surface area contributed by atoms with Crippen molar-refractivity contribution in [2.24, 2.45) is 0 Å². The first-order valence-electron chi connectivity index (χ1n) is 12.0. The molecule has 0 aliphatic carbocycles. The summed E-state index contributed by atoms with van der Waals surface area (Å²) in [6.45, 7) is 6.15. The summed E-state index contributed by atoms with van der Waals surface area (Å²) in [4.78, 5) is 15.3. The van der Waals surface area contributed by atoms with E-state index in [9.17, 15) is 9.18 Å². The van der Waals surface area contributed by atoms with E-state index in [0.29, 0.717) is 33.7 Å². The van der Waals surface area contributed by atoms with Crippen LogP contribution in [0.25, 0.3) is 5.69 Å². The minimum Gasteiger partial charge on any atom is -0.497 e. The first-order valence-corrected chi connectivity index (χ1v) is 12.4. The summed E-state index contributed by atoms with van der Waals surface area (Å²) >= 11 is 6.28. The van der Waals surface area contributed by atoms with Crippen LogP contribution >= 0.6 is 11.6 Å². The van der Waals surface area contributed by atoms with Crippen molar-refractivity contribution in [3.63, 3.8) is 0 Å². The SMILES string of the molecule is CC[C@H](C)N(Cc1c(C)nn(-c2cccc(Cl)c2)c1Oc1ccc(OC)cc1)C(=O)c1ccc(F)cc1. The van der Waals surface area contributed by atoms with Crippen LogP contribution in [0.4, 0.5) is 4.39 Å². The molecule has 0 spiro atoms. The highest BCUT2D eigenvalue weighted by Crippen LogP contribution is 2.33. The number of carbonyl (C=O) groups is 1. The van der Waals surface area contributed by atoms with E-state index in [2.05, 4.69) is 0 Å². The third-order valence-electron chi connectivity index (χ3n) is 6.27. The molecule has 1 aromatic heterocycles. The normalized spacial score (nSPS) is 11.7. The number of benzene rings is 3. The van der Waals surface area contributed by atoms with Gasteiger partial charge in [-0.3, -0.25) is 4.79 Å². The molecule has 8 heteroatoms. The zero-order valence-corrected chi connectivity index (χ0v) is 22.0. The number of aromatic nitrogens is 2. The van der Waals surface area contributed by atoms with E-state index in [1.54, 1.807) is 28.8 Å². The van der Waals surface area contributed by atoms with Crippen molar-refractivity contribution in [2.45, 2.75) is 39.8 Å². The molecule has 6 nitrogen and oxygen atoms in total. The van der Waals surface area contributed by atoms with Crippen molar-refractivity contribution in [1.82, 2.24) is 14.7 Å². The van der Waals surface area contributed by atoms with Crippen LogP contribution in [0.15, 0.2) is 72.8 Å². The number of ether oxygens (including phenoxy) is 2. The number of halogens is 2. The van der Waals surface area contributed by atoms with Crippen LogP contribution < -0.4 is 9.47 Å². The van der Waals surface area contributed by atoms with Gasteiger partial charge < -0.3 is 14.4 Å². The third kappa shape index (κ3) is 5.94. The molecule has 37 heavy (non-hydrogen) atoms. The molecule has 0 saturated heterocycles. The first kappa shape index (κ1) is 26.2. The highest BCUT2D eigenvalue weighted by molar-refractivity contribution is 6.30. The largest absolute Gasteiger partial charge is 0.497 e. The van der Waals surface area contributed by atoms with Gasteiger partial charge in [0.1, 0.15) is 17.3 Å². The Balaban J connectivity index is 1.78. The second-order valence-corrected chi connectivity index (χ2v) is 9.17. The van der Waals surface area contributed by atoms with E-state index in [1.807, 2.05) is 57.2 Å². The second kappa shape index (κ2) is 11.5. The zero-order valence-electron chi connectivity index (χ0n) is 21.2. The van der Waals surface area contributed by atoms with Crippen LogP contribution in [0.5, 0.6) is 17.4 Å². The summed E-state index contributed by atoms with van der Waals surface area (Å²) in [6, 6.07) is 20.1. The monoisotopic (exact) mass is 521 g/mol. The van der Waals surface area contributed by atoms with E-state index in [-0.39, 0.29) is 24.3 Å². The standard InChI is InChI=1S/C29H29ClFN3O3/c1-5-19(2)33(28(35)21-9-11-23(31)12-10-21)18-27-20(3)32-34(24-8-6-7-22(30)17-24)29(27)37-26-15-13-25(36-4)14-16-26/h6-17,19H,5,18H2,1-4H3/t19-/m0/s1. The molecule has 0 N–H and O–H groups in total. The maximum absolute atomic E-state index is 13.5. The zero-order chi connectivity index (χ0) is 26.5. The lowest BCUT2D eigenvalue weighted by atomic mass is 10.1. The van der Waals surface area contributed by atoms with Crippen molar-refractivity contribution >= 4 is 17.5 Å². The van der Waals surface area contributed by atoms with Crippen molar-refractivity contribution in [3.05, 3.63) is 100 Å². The Hall–Kier alpha value is -3.84. The van der Waals surface area contributed by atoms with Crippen LogP contribution in [0.1, 0.15) is 41.9 Å². The van der Waals surface area contributed by atoms with E-state index in [0.717, 1.165) is 17.7 Å². The van der Waals surface area contributed by atoms with Crippen molar-refractivity contribution < 1.29 is 18.7 Å². The second-order valence-electron chi connectivity index (χ2n) is 8.74. The van der Waals surface area contributed by atoms with Gasteiger partial charge in [0.15, 0.2) is 0 Å². The summed E-state index contributed by atoms with van der Waals surface area (Å²) in [5.41, 5.74) is 2.61. The molecule has 0 aliphatic rings. The van der Waals surface area contributed by atoms with Crippen molar-refractivity contribution in [3.8, 4) is 23.1 Å². The van der Waals surface area contributed by atoms with E-state index in [1.165, 1.54) is 24.3 Å². The minimum atomic E-state index is -0.388. The van der Waals surface area contributed by atoms with Crippen molar-refractivity contribution in [1.29, 1.82) is 0 Å². The van der Waals surface area contributed by atoms with E-state index < -0.39 is 0 Å². The quantitative estimate of drug-likeness (QED) is 0.233. The van der Waals surface area contributed by atoms with Crippen LogP contribution in [0, 0.1) is 12.7 Å². The smallest absolute Gasteiger partial charge is 0.254 e. The van der Waals surface area contributed by atoms with E-state index in [4.69, 9.17) is 26.2 Å². The molecule has 0 saturated carbocycles. The summed E-state index contributed by atoms with van der Waals surface area (Å²) < 4.78 is 26.8. The summed E-state index contributed by atoms with van der Waals surface area (Å²) in [5.74, 6) is 1.19. The maximum Gasteiger partial charge on any atom is 0.254 e. The molecule has 1 atom stereocenters. The summed E-state index contributed by atoms with van der Waals surface area (Å²) in [7, 11) is 1.60. The first-order chi connectivity index (χ1) is 17.8. The number of amides is 1. The molecule has 1 heterocycles. The lowest BCUT2D eigenvalue weighted by Crippen LogP contribution is -2.38. The lowest BCUT2D eigenvalue weighted by Gasteiger charge is -2.29. The predicted octanol–water partition coefficient (Wildman–Crippen LogP) is 7.22.